The fourth-order valence-electron chi connectivity index (χ4n) is 2.51. The number of benzene rings is 1. The van der Waals surface area contributed by atoms with Gasteiger partial charge in [0.1, 0.15) is 11.8 Å². The van der Waals surface area contributed by atoms with Crippen LogP contribution in [-0.2, 0) is 18.3 Å². The Hall–Kier alpha value is -2.82. The predicted octanol–water partition coefficient (Wildman–Crippen LogP) is 2.85. The Morgan fingerprint density at radius 3 is 2.74 bits per heavy atom. The molecule has 2 heterocycles. The highest BCUT2D eigenvalue weighted by atomic mass is 16.3. The summed E-state index contributed by atoms with van der Waals surface area (Å²) in [6.07, 6.45) is 6.41. The number of nitrogens with zero attached hydrogens (tertiary/aromatic N) is 2. The van der Waals surface area contributed by atoms with Crippen molar-refractivity contribution in [3.05, 3.63) is 78.0 Å². The zero-order chi connectivity index (χ0) is 16.1. The summed E-state index contributed by atoms with van der Waals surface area (Å²) >= 11 is 0. The molecule has 0 radical (unpaired) electrons. The van der Waals surface area contributed by atoms with E-state index in [4.69, 9.17) is 4.42 Å². The van der Waals surface area contributed by atoms with Gasteiger partial charge in [-0.2, -0.15) is 5.10 Å². The Morgan fingerprint density at radius 1 is 1.26 bits per heavy atom. The van der Waals surface area contributed by atoms with Crippen LogP contribution in [0.5, 0.6) is 0 Å². The number of nitrogens with one attached hydrogen (secondary N) is 1. The van der Waals surface area contributed by atoms with Gasteiger partial charge in [0.2, 0.25) is 5.91 Å². The molecular weight excluding hydrogens is 290 g/mol. The Balaban J connectivity index is 1.67. The topological polar surface area (TPSA) is 60.1 Å². The number of hydrogen-bond acceptors (Lipinski definition) is 3. The van der Waals surface area contributed by atoms with Crippen molar-refractivity contribution in [2.24, 2.45) is 7.05 Å². The molecule has 1 aromatic carbocycles. The Bertz CT molecular complexity index is 748. The molecule has 0 aliphatic heterocycles. The van der Waals surface area contributed by atoms with Gasteiger partial charge in [-0.3, -0.25) is 9.48 Å². The van der Waals surface area contributed by atoms with Crippen LogP contribution in [0.3, 0.4) is 0 Å². The molecule has 3 aromatic rings. The zero-order valence-corrected chi connectivity index (χ0v) is 13.0. The molecule has 5 nitrogen and oxygen atoms in total. The fraction of sp³-hybridized carbons (Fsp3) is 0.222. The maximum absolute atomic E-state index is 12.3. The minimum absolute atomic E-state index is 0.0147. The first-order valence-corrected chi connectivity index (χ1v) is 7.57. The molecule has 0 unspecified atom stereocenters. The monoisotopic (exact) mass is 309 g/mol. The van der Waals surface area contributed by atoms with Crippen LogP contribution in [0.15, 0.2) is 65.5 Å². The van der Waals surface area contributed by atoms with Crippen LogP contribution in [0.25, 0.3) is 0 Å². The lowest BCUT2D eigenvalue weighted by molar-refractivity contribution is -0.121. The summed E-state index contributed by atoms with van der Waals surface area (Å²) in [6.45, 7) is 0. The van der Waals surface area contributed by atoms with Crippen LogP contribution >= 0.6 is 0 Å². The molecule has 118 valence electrons. The van der Waals surface area contributed by atoms with Gasteiger partial charge in [-0.25, -0.2) is 0 Å². The first-order chi connectivity index (χ1) is 11.2. The van der Waals surface area contributed by atoms with Crippen LogP contribution in [0.4, 0.5) is 0 Å². The van der Waals surface area contributed by atoms with Crippen molar-refractivity contribution in [2.45, 2.75) is 18.9 Å². The van der Waals surface area contributed by atoms with Crippen LogP contribution in [0, 0.1) is 0 Å². The minimum atomic E-state index is -0.271. The quantitative estimate of drug-likeness (QED) is 0.761. The number of hydrogen-bond donors (Lipinski definition) is 1. The second kappa shape index (κ2) is 6.96. The number of rotatable bonds is 6. The molecule has 0 bridgehead atoms. The maximum Gasteiger partial charge on any atom is 0.221 e. The average molecular weight is 309 g/mol. The number of amides is 1. The predicted molar refractivity (Wildman–Crippen MR) is 86.7 cm³/mol. The Labute approximate surface area is 134 Å². The maximum atomic E-state index is 12.3. The zero-order valence-electron chi connectivity index (χ0n) is 13.0. The molecule has 0 aliphatic rings. The molecule has 0 saturated carbocycles. The smallest absolute Gasteiger partial charge is 0.221 e. The highest BCUT2D eigenvalue weighted by Crippen LogP contribution is 2.22. The Morgan fingerprint density at radius 2 is 2.09 bits per heavy atom. The van der Waals surface area contributed by atoms with Crippen molar-refractivity contribution in [1.82, 2.24) is 15.1 Å². The highest BCUT2D eigenvalue weighted by molar-refractivity contribution is 5.77. The van der Waals surface area contributed by atoms with Crippen molar-refractivity contribution in [1.29, 1.82) is 0 Å². The van der Waals surface area contributed by atoms with Gasteiger partial charge in [0.25, 0.3) is 0 Å². The molecule has 1 amide bonds. The molecular formula is C18H19N3O2. The lowest BCUT2D eigenvalue weighted by Gasteiger charge is -2.17. The first-order valence-electron chi connectivity index (χ1n) is 7.57. The van der Waals surface area contributed by atoms with Gasteiger partial charge in [0.05, 0.1) is 12.5 Å². The van der Waals surface area contributed by atoms with Crippen molar-refractivity contribution in [3.63, 3.8) is 0 Å². The third-order valence-electron chi connectivity index (χ3n) is 3.67. The summed E-state index contributed by atoms with van der Waals surface area (Å²) in [5.41, 5.74) is 2.05. The average Bonchev–Trinajstić information content (AvgIpc) is 3.23. The molecule has 0 saturated heterocycles. The van der Waals surface area contributed by atoms with Crippen molar-refractivity contribution >= 4 is 5.91 Å². The molecule has 1 N–H and O–H groups in total. The van der Waals surface area contributed by atoms with Crippen LogP contribution in [0.1, 0.15) is 29.3 Å². The van der Waals surface area contributed by atoms with Gasteiger partial charge in [0, 0.05) is 19.7 Å². The molecule has 2 aromatic heterocycles. The van der Waals surface area contributed by atoms with E-state index in [1.54, 1.807) is 17.1 Å². The molecule has 0 fully saturated rings. The van der Waals surface area contributed by atoms with Gasteiger partial charge >= 0.3 is 0 Å². The van der Waals surface area contributed by atoms with Gasteiger partial charge in [0.15, 0.2) is 0 Å². The molecule has 1 atom stereocenters. The lowest BCUT2D eigenvalue weighted by atomic mass is 10.0. The number of aromatic nitrogens is 2. The van der Waals surface area contributed by atoms with E-state index >= 15 is 0 Å². The van der Waals surface area contributed by atoms with E-state index in [1.165, 1.54) is 0 Å². The van der Waals surface area contributed by atoms with Crippen molar-refractivity contribution in [2.75, 3.05) is 0 Å². The van der Waals surface area contributed by atoms with E-state index in [2.05, 4.69) is 10.4 Å². The second-order valence-electron chi connectivity index (χ2n) is 5.45. The summed E-state index contributed by atoms with van der Waals surface area (Å²) in [7, 11) is 1.87. The lowest BCUT2D eigenvalue weighted by Crippen LogP contribution is -2.29. The third-order valence-corrected chi connectivity index (χ3v) is 3.67. The van der Waals surface area contributed by atoms with Gasteiger partial charge < -0.3 is 9.73 Å². The van der Waals surface area contributed by atoms with Gasteiger partial charge in [-0.05, 0) is 29.7 Å². The summed E-state index contributed by atoms with van der Waals surface area (Å²) < 4.78 is 7.23. The van der Waals surface area contributed by atoms with Gasteiger partial charge in [-0.1, -0.05) is 30.3 Å². The van der Waals surface area contributed by atoms with E-state index in [0.717, 1.165) is 16.9 Å². The number of aryl methyl sites for hydroxylation is 2. The minimum Gasteiger partial charge on any atom is -0.467 e. The second-order valence-corrected chi connectivity index (χ2v) is 5.45. The van der Waals surface area contributed by atoms with Crippen molar-refractivity contribution < 1.29 is 9.21 Å². The van der Waals surface area contributed by atoms with Crippen molar-refractivity contribution in [3.8, 4) is 0 Å². The van der Waals surface area contributed by atoms with E-state index in [0.29, 0.717) is 12.8 Å². The summed E-state index contributed by atoms with van der Waals surface area (Å²) in [5, 5.41) is 7.17. The standard InChI is InChI=1S/C18H19N3O2/c1-21-13-14(12-19-21)9-10-17(22)20-18(16-8-5-11-23-16)15-6-3-2-4-7-15/h2-8,11-13,18H,9-10H2,1H3,(H,20,22)/t18-/m0/s1. The normalized spacial score (nSPS) is 12.0. The van der Waals surface area contributed by atoms with Crippen LogP contribution in [0.2, 0.25) is 0 Å². The summed E-state index contributed by atoms with van der Waals surface area (Å²) in [5.74, 6) is 0.713. The number of carbonyl (C=O) groups is 1. The first kappa shape index (κ1) is 15.1. The molecule has 3 rings (SSSR count). The fourth-order valence-corrected chi connectivity index (χ4v) is 2.51. The molecule has 0 spiro atoms. The summed E-state index contributed by atoms with van der Waals surface area (Å²) in [4.78, 5) is 12.3. The molecule has 23 heavy (non-hydrogen) atoms. The molecule has 5 heteroatoms. The van der Waals surface area contributed by atoms with Crippen LogP contribution < -0.4 is 5.32 Å². The van der Waals surface area contributed by atoms with E-state index < -0.39 is 0 Å². The number of furan rings is 1. The highest BCUT2D eigenvalue weighted by Gasteiger charge is 2.19. The van der Waals surface area contributed by atoms with Gasteiger partial charge in [-0.15, -0.1) is 0 Å². The number of carbonyl (C=O) groups excluding carboxylic acids is 1. The van der Waals surface area contributed by atoms with E-state index in [1.807, 2.05) is 55.7 Å². The Kier molecular flexibility index (Phi) is 4.57. The van der Waals surface area contributed by atoms with Crippen LogP contribution in [-0.4, -0.2) is 15.7 Å². The summed E-state index contributed by atoms with van der Waals surface area (Å²) in [6, 6.07) is 13.2. The SMILES string of the molecule is Cn1cc(CCC(=O)N[C@@H](c2ccccc2)c2ccco2)cn1. The van der Waals surface area contributed by atoms with E-state index in [-0.39, 0.29) is 11.9 Å². The largest absolute Gasteiger partial charge is 0.467 e. The third kappa shape index (κ3) is 3.88. The van der Waals surface area contributed by atoms with E-state index in [9.17, 15) is 4.79 Å². The molecule has 0 aliphatic carbocycles.